The Morgan fingerprint density at radius 3 is 2.43 bits per heavy atom. The van der Waals surface area contributed by atoms with E-state index in [1.807, 2.05) is 24.3 Å². The van der Waals surface area contributed by atoms with Crippen LogP contribution in [0.5, 0.6) is 0 Å². The number of benzene rings is 1. The van der Waals surface area contributed by atoms with Crippen molar-refractivity contribution in [3.05, 3.63) is 42.3 Å². The minimum atomic E-state index is 0.489. The first-order valence-corrected chi connectivity index (χ1v) is 10.8. The Balaban J connectivity index is 0.000000293. The van der Waals surface area contributed by atoms with Gasteiger partial charge in [-0.3, -0.25) is 4.98 Å². The van der Waals surface area contributed by atoms with Crippen molar-refractivity contribution < 1.29 is 13.9 Å². The van der Waals surface area contributed by atoms with Gasteiger partial charge in [-0.15, -0.1) is 5.69 Å². The molecule has 0 bridgehead atoms. The molecule has 0 aliphatic carbocycles. The average Bonchev–Trinajstić information content (AvgIpc) is 2.20. The third-order valence-corrected chi connectivity index (χ3v) is 1.63. The predicted octanol–water partition coefficient (Wildman–Crippen LogP) is 4.61. The van der Waals surface area contributed by atoms with Crippen molar-refractivity contribution in [3.8, 4) is 0 Å². The van der Waals surface area contributed by atoms with Gasteiger partial charge in [0.2, 0.25) is 0 Å². The van der Waals surface area contributed by atoms with Crippen molar-refractivity contribution in [3.63, 3.8) is 0 Å². The van der Waals surface area contributed by atoms with Crippen molar-refractivity contribution in [2.75, 3.05) is 0 Å². The number of halogens is 2. The second-order valence-electron chi connectivity index (χ2n) is 2.43. The van der Waals surface area contributed by atoms with Gasteiger partial charge in [-0.2, -0.15) is 0 Å². The van der Waals surface area contributed by atoms with Gasteiger partial charge in [0.25, 0.3) is 0 Å². The van der Waals surface area contributed by atoms with Crippen LogP contribution in [0.4, 0.5) is 5.69 Å². The van der Waals surface area contributed by atoms with Gasteiger partial charge in [-0.25, -0.2) is 0 Å². The van der Waals surface area contributed by atoms with E-state index in [0.29, 0.717) is 19.6 Å². The molecule has 0 radical (unpaired) electrons. The Hall–Kier alpha value is 0.0523. The summed E-state index contributed by atoms with van der Waals surface area (Å²) in [5.41, 5.74) is 8.76. The molecule has 14 heavy (non-hydrogen) atoms. The molecule has 0 fully saturated rings. The molecule has 1 aromatic heterocycles. The number of fused-ring (bicyclic) bond motifs is 1. The predicted molar refractivity (Wildman–Crippen MR) is 63.6 cm³/mol. The first kappa shape index (κ1) is 12.1. The average molecular weight is 409 g/mol. The number of rotatable bonds is 0. The fourth-order valence-electron chi connectivity index (χ4n) is 1.10. The van der Waals surface area contributed by atoms with E-state index < -0.39 is 0 Å². The third kappa shape index (κ3) is 3.32. The van der Waals surface area contributed by atoms with Gasteiger partial charge in [-0.1, -0.05) is 24.3 Å². The molecular formula is C9H7Br2N2Pd-. The van der Waals surface area contributed by atoms with E-state index in [4.69, 9.17) is 5.73 Å². The van der Waals surface area contributed by atoms with Gasteiger partial charge in [0, 0.05) is 6.20 Å². The number of nitrogens with zero attached hydrogens (tertiary/aromatic N) is 1. The number of hydrogen-bond donors (Lipinski definition) is 0. The molecular weight excluding hydrogens is 402 g/mol. The maximum absolute atomic E-state index is 7.50. The van der Waals surface area contributed by atoms with Crippen molar-refractivity contribution in [2.24, 2.45) is 0 Å². The summed E-state index contributed by atoms with van der Waals surface area (Å²) < 4.78 is 0. The van der Waals surface area contributed by atoms with E-state index in [2.05, 4.69) is 31.8 Å². The first-order chi connectivity index (χ1) is 6.79. The molecule has 0 aliphatic rings. The number of nitrogens with one attached hydrogen (secondary N) is 1. The number of para-hydroxylation sites is 1. The summed E-state index contributed by atoms with van der Waals surface area (Å²) in [5, 5.41) is 1.03. The van der Waals surface area contributed by atoms with Crippen LogP contribution in [0.3, 0.4) is 0 Å². The van der Waals surface area contributed by atoms with Gasteiger partial charge < -0.3 is 5.73 Å². The van der Waals surface area contributed by atoms with Crippen LogP contribution in [0.25, 0.3) is 16.6 Å². The molecule has 2 aromatic rings. The minimum Gasteiger partial charge on any atom is -0.697 e. The fraction of sp³-hybridized carbons (Fsp3) is 0. The van der Waals surface area contributed by atoms with Gasteiger partial charge in [-0.05, 0) is 11.5 Å². The van der Waals surface area contributed by atoms with Crippen LogP contribution in [-0.2, 0) is 13.9 Å². The fourth-order valence-corrected chi connectivity index (χ4v) is 1.10. The molecule has 2 rings (SSSR count). The number of aromatic nitrogens is 1. The molecule has 0 saturated heterocycles. The second-order valence-corrected chi connectivity index (χ2v) is 9.60. The van der Waals surface area contributed by atoms with Gasteiger partial charge in [0.05, 0.1) is 5.52 Å². The number of pyridine rings is 1. The zero-order chi connectivity index (χ0) is 10.4. The van der Waals surface area contributed by atoms with Crippen LogP contribution in [0.1, 0.15) is 0 Å². The van der Waals surface area contributed by atoms with Gasteiger partial charge >= 0.3 is 40.8 Å². The van der Waals surface area contributed by atoms with Crippen LogP contribution >= 0.6 is 26.9 Å². The molecule has 1 heterocycles. The summed E-state index contributed by atoms with van der Waals surface area (Å²) in [5.74, 6) is 0. The van der Waals surface area contributed by atoms with Crippen LogP contribution in [0.15, 0.2) is 36.5 Å². The smallest absolute Gasteiger partial charge is 0.0551 e. The molecule has 0 aliphatic heterocycles. The van der Waals surface area contributed by atoms with Crippen molar-refractivity contribution in [2.45, 2.75) is 0 Å². The van der Waals surface area contributed by atoms with E-state index in [9.17, 15) is 0 Å². The van der Waals surface area contributed by atoms with Crippen molar-refractivity contribution >= 4 is 43.4 Å². The molecule has 5 heteroatoms. The van der Waals surface area contributed by atoms with Crippen LogP contribution < -0.4 is 0 Å². The standard InChI is InChI=1S/C9H7N2.2BrH.Pd/c10-8-5-1-3-7-4-2-6-11-9(7)8;;;/h1-6,10H;2*1H;/q-1;;;+2/p-2. The SMILES string of the molecule is [Br][Pd][Br].[NH-]c1cccc2cccnc12. The Labute approximate surface area is 104 Å². The van der Waals surface area contributed by atoms with Crippen LogP contribution in [0.2, 0.25) is 0 Å². The van der Waals surface area contributed by atoms with Crippen LogP contribution in [0, 0.1) is 0 Å². The summed E-state index contributed by atoms with van der Waals surface area (Å²) in [6, 6.07) is 9.41. The van der Waals surface area contributed by atoms with Crippen molar-refractivity contribution in [1.82, 2.24) is 4.98 Å². The summed E-state index contributed by atoms with van der Waals surface area (Å²) in [6.45, 7) is 0. The van der Waals surface area contributed by atoms with Gasteiger partial charge in [0.15, 0.2) is 0 Å². The molecule has 0 spiro atoms. The van der Waals surface area contributed by atoms with Crippen LogP contribution in [-0.4, -0.2) is 4.98 Å². The Morgan fingerprint density at radius 1 is 1.14 bits per heavy atom. The molecule has 1 N–H and O–H groups in total. The van der Waals surface area contributed by atoms with E-state index >= 15 is 0 Å². The molecule has 0 unspecified atom stereocenters. The molecule has 78 valence electrons. The summed E-state index contributed by atoms with van der Waals surface area (Å²) in [4.78, 5) is 4.09. The maximum atomic E-state index is 7.50. The Bertz CT molecular complexity index is 403. The number of hydrogen-bond acceptors (Lipinski definition) is 1. The third-order valence-electron chi connectivity index (χ3n) is 1.63. The second kappa shape index (κ2) is 6.52. The summed E-state index contributed by atoms with van der Waals surface area (Å²) in [7, 11) is 0. The van der Waals surface area contributed by atoms with E-state index in [1.54, 1.807) is 12.3 Å². The molecule has 1 aromatic carbocycles. The minimum absolute atomic E-state index is 0.489. The Morgan fingerprint density at radius 2 is 1.79 bits per heavy atom. The summed E-state index contributed by atoms with van der Waals surface area (Å²) >= 11 is 6.80. The molecule has 2 nitrogen and oxygen atoms in total. The summed E-state index contributed by atoms with van der Waals surface area (Å²) in [6.07, 6.45) is 1.71. The van der Waals surface area contributed by atoms with Gasteiger partial charge in [0.1, 0.15) is 0 Å². The van der Waals surface area contributed by atoms with E-state index in [0.717, 1.165) is 10.9 Å². The normalized spacial score (nSPS) is 9.57. The quantitative estimate of drug-likeness (QED) is 0.586. The molecule has 0 atom stereocenters. The molecule has 0 saturated carbocycles. The maximum Gasteiger partial charge on any atom is 0.0551 e. The monoisotopic (exact) mass is 407 g/mol. The first-order valence-electron chi connectivity index (χ1n) is 3.67. The zero-order valence-electron chi connectivity index (χ0n) is 6.98. The Kier molecular flexibility index (Phi) is 5.65. The zero-order valence-corrected chi connectivity index (χ0v) is 11.7. The largest absolute Gasteiger partial charge is 0.697 e. The topological polar surface area (TPSA) is 36.7 Å². The molecule has 0 amide bonds. The van der Waals surface area contributed by atoms with E-state index in [1.165, 1.54) is 0 Å². The van der Waals surface area contributed by atoms with Crippen molar-refractivity contribution in [1.29, 1.82) is 0 Å². The van der Waals surface area contributed by atoms with E-state index in [-0.39, 0.29) is 0 Å².